The summed E-state index contributed by atoms with van der Waals surface area (Å²) in [5, 5.41) is 9.32. The first-order valence-electron chi connectivity index (χ1n) is 10.9. The minimum Gasteiger partial charge on any atom is -0.494 e. The molecule has 0 unspecified atom stereocenters. The summed E-state index contributed by atoms with van der Waals surface area (Å²) in [4.78, 5) is 10.0. The van der Waals surface area contributed by atoms with Gasteiger partial charge < -0.3 is 15.8 Å². The molecule has 4 rings (SSSR count). The lowest BCUT2D eigenvalue weighted by Gasteiger charge is -2.38. The number of anilines is 2. The van der Waals surface area contributed by atoms with E-state index < -0.39 is 17.6 Å². The Morgan fingerprint density at radius 2 is 1.89 bits per heavy atom. The largest absolute Gasteiger partial charge is 0.494 e. The van der Waals surface area contributed by atoms with Crippen LogP contribution in [0.15, 0.2) is 42.6 Å². The number of rotatable bonds is 9. The van der Waals surface area contributed by atoms with Crippen LogP contribution < -0.4 is 21.2 Å². The highest BCUT2D eigenvalue weighted by molar-refractivity contribution is 6.10. The van der Waals surface area contributed by atoms with Gasteiger partial charge in [0.25, 0.3) is 11.6 Å². The molecule has 1 saturated heterocycles. The van der Waals surface area contributed by atoms with Gasteiger partial charge in [-0.15, -0.1) is 0 Å². The number of aromatic nitrogens is 2. The summed E-state index contributed by atoms with van der Waals surface area (Å²) >= 11 is 0. The first-order valence-corrected chi connectivity index (χ1v) is 10.9. The average molecular weight is 489 g/mol. The van der Waals surface area contributed by atoms with E-state index in [4.69, 9.17) is 15.9 Å². The lowest BCUT2D eigenvalue weighted by atomic mass is 10.1. The minimum absolute atomic E-state index is 0.116. The Morgan fingerprint density at radius 3 is 2.51 bits per heavy atom. The van der Waals surface area contributed by atoms with Crippen molar-refractivity contribution in [1.29, 1.82) is 0 Å². The number of benzene rings is 2. The predicted molar refractivity (Wildman–Crippen MR) is 123 cm³/mol. The van der Waals surface area contributed by atoms with Crippen LogP contribution in [-0.2, 0) is 13.1 Å². The molecule has 1 aliphatic rings. The van der Waals surface area contributed by atoms with Gasteiger partial charge in [-0.2, -0.15) is 0 Å². The van der Waals surface area contributed by atoms with Crippen molar-refractivity contribution in [2.24, 2.45) is 0 Å². The summed E-state index contributed by atoms with van der Waals surface area (Å²) in [5.74, 6) is -3.75. The van der Waals surface area contributed by atoms with Gasteiger partial charge in [0.05, 0.1) is 25.3 Å². The number of para-hydroxylation sites is 1. The molecule has 1 aliphatic heterocycles. The van der Waals surface area contributed by atoms with Crippen molar-refractivity contribution in [2.75, 3.05) is 30.7 Å². The standard InChI is InChI=1S/C24H24F4N6O/c1-2-35-15-7-18(25)17(19(26)8-15)10-31-20-6-4-3-5-16(20)21(29)23-32-9-14(22(30)33-23)11-34-12-24(27,28)13-34/h3-9,29,31H,2,10-13H2,1H3,(H2,30,32,33)/p+1. The third-order valence-corrected chi connectivity index (χ3v) is 5.54. The van der Waals surface area contributed by atoms with E-state index in [0.717, 1.165) is 12.1 Å². The maximum Gasteiger partial charge on any atom is 0.272 e. The maximum absolute atomic E-state index is 14.4. The SMILES string of the molecule is CCOc1cc(F)c(CNc2ccccc2C(=[NH2+])c2ncc(CN3CC(F)(F)C3)c(N)n2)c(F)c1. The van der Waals surface area contributed by atoms with Crippen molar-refractivity contribution in [3.05, 3.63) is 76.7 Å². The monoisotopic (exact) mass is 489 g/mol. The smallest absolute Gasteiger partial charge is 0.272 e. The second kappa shape index (κ2) is 9.87. The van der Waals surface area contributed by atoms with Crippen molar-refractivity contribution in [3.63, 3.8) is 0 Å². The molecule has 7 nitrogen and oxygen atoms in total. The van der Waals surface area contributed by atoms with Crippen LogP contribution in [0.5, 0.6) is 5.75 Å². The summed E-state index contributed by atoms with van der Waals surface area (Å²) in [5.41, 5.74) is 7.60. The molecule has 1 fully saturated rings. The zero-order valence-corrected chi connectivity index (χ0v) is 19.0. The fourth-order valence-electron chi connectivity index (χ4n) is 3.81. The zero-order chi connectivity index (χ0) is 25.2. The zero-order valence-electron chi connectivity index (χ0n) is 19.0. The van der Waals surface area contributed by atoms with E-state index in [1.165, 1.54) is 6.20 Å². The van der Waals surface area contributed by atoms with Crippen molar-refractivity contribution < 1.29 is 27.7 Å². The molecule has 0 radical (unpaired) electrons. The molecule has 35 heavy (non-hydrogen) atoms. The van der Waals surface area contributed by atoms with Crippen LogP contribution in [0.3, 0.4) is 0 Å². The maximum atomic E-state index is 14.4. The highest BCUT2D eigenvalue weighted by atomic mass is 19.3. The topological polar surface area (TPSA) is 102 Å². The molecule has 5 N–H and O–H groups in total. The lowest BCUT2D eigenvalue weighted by Crippen LogP contribution is -2.55. The van der Waals surface area contributed by atoms with Crippen LogP contribution in [0.4, 0.5) is 29.1 Å². The number of nitrogens with zero attached hydrogens (tertiary/aromatic N) is 3. The number of nitrogens with one attached hydrogen (secondary N) is 1. The third-order valence-electron chi connectivity index (χ3n) is 5.54. The van der Waals surface area contributed by atoms with Crippen LogP contribution in [0.25, 0.3) is 0 Å². The summed E-state index contributed by atoms with van der Waals surface area (Å²) in [6, 6.07) is 9.16. The number of ether oxygens (including phenoxy) is 1. The molecule has 0 bridgehead atoms. The minimum atomic E-state index is -2.68. The van der Waals surface area contributed by atoms with Crippen LogP contribution in [0.2, 0.25) is 0 Å². The lowest BCUT2D eigenvalue weighted by molar-refractivity contribution is -0.133. The molecule has 0 spiro atoms. The first kappa shape index (κ1) is 24.4. The number of nitrogens with two attached hydrogens (primary N) is 2. The summed E-state index contributed by atoms with van der Waals surface area (Å²) in [7, 11) is 0. The summed E-state index contributed by atoms with van der Waals surface area (Å²) < 4.78 is 60.2. The van der Waals surface area contributed by atoms with E-state index in [2.05, 4.69) is 15.3 Å². The van der Waals surface area contributed by atoms with E-state index in [1.807, 2.05) is 0 Å². The molecule has 0 saturated carbocycles. The van der Waals surface area contributed by atoms with Gasteiger partial charge in [-0.3, -0.25) is 10.3 Å². The number of hydrogen-bond acceptors (Lipinski definition) is 6. The van der Waals surface area contributed by atoms with Crippen molar-refractivity contribution in [1.82, 2.24) is 14.9 Å². The molecular formula is C24H25F4N6O+. The predicted octanol–water partition coefficient (Wildman–Crippen LogP) is 2.40. The van der Waals surface area contributed by atoms with Crippen molar-refractivity contribution >= 4 is 17.2 Å². The molecular weight excluding hydrogens is 464 g/mol. The Bertz CT molecular complexity index is 1220. The molecule has 0 amide bonds. The van der Waals surface area contributed by atoms with E-state index in [-0.39, 0.29) is 54.8 Å². The molecule has 0 aliphatic carbocycles. The quantitative estimate of drug-likeness (QED) is 0.315. The van der Waals surface area contributed by atoms with E-state index in [0.29, 0.717) is 23.4 Å². The van der Waals surface area contributed by atoms with E-state index in [9.17, 15) is 17.6 Å². The number of halogens is 4. The van der Waals surface area contributed by atoms with Crippen LogP contribution in [0, 0.1) is 11.6 Å². The molecule has 2 heterocycles. The Morgan fingerprint density at radius 1 is 1.20 bits per heavy atom. The van der Waals surface area contributed by atoms with Crippen molar-refractivity contribution in [3.8, 4) is 5.75 Å². The number of alkyl halides is 2. The number of hydrogen-bond donors (Lipinski definition) is 3. The second-order valence-electron chi connectivity index (χ2n) is 8.22. The Hall–Kier alpha value is -3.73. The van der Waals surface area contributed by atoms with E-state index >= 15 is 0 Å². The van der Waals surface area contributed by atoms with Gasteiger partial charge in [0.15, 0.2) is 0 Å². The summed E-state index contributed by atoms with van der Waals surface area (Å²) in [6.45, 7) is 1.41. The fraction of sp³-hybridized carbons (Fsp3) is 0.292. The molecule has 3 aromatic rings. The van der Waals surface area contributed by atoms with Gasteiger partial charge in [0.2, 0.25) is 5.82 Å². The van der Waals surface area contributed by atoms with Gasteiger partial charge in [0.1, 0.15) is 23.2 Å². The summed E-state index contributed by atoms with van der Waals surface area (Å²) in [6.07, 6.45) is 1.46. The Kier molecular flexibility index (Phi) is 6.88. The van der Waals surface area contributed by atoms with Gasteiger partial charge in [0, 0.05) is 48.2 Å². The molecule has 2 aromatic carbocycles. The molecule has 11 heteroatoms. The van der Waals surface area contributed by atoms with Gasteiger partial charge in [-0.05, 0) is 19.1 Å². The van der Waals surface area contributed by atoms with Crippen LogP contribution in [0.1, 0.15) is 29.4 Å². The van der Waals surface area contributed by atoms with Gasteiger partial charge in [-0.25, -0.2) is 27.5 Å². The van der Waals surface area contributed by atoms with Gasteiger partial charge >= 0.3 is 0 Å². The normalized spacial score (nSPS) is 14.9. The number of nitrogen functional groups attached to an aromatic ring is 1. The molecule has 184 valence electrons. The Labute approximate surface area is 199 Å². The van der Waals surface area contributed by atoms with Crippen LogP contribution >= 0.6 is 0 Å². The highest BCUT2D eigenvalue weighted by Gasteiger charge is 2.43. The first-order chi connectivity index (χ1) is 16.7. The fourth-order valence-corrected chi connectivity index (χ4v) is 3.81. The molecule has 0 atom stereocenters. The van der Waals surface area contributed by atoms with Gasteiger partial charge in [-0.1, -0.05) is 12.1 Å². The van der Waals surface area contributed by atoms with Crippen LogP contribution in [-0.4, -0.2) is 46.2 Å². The highest BCUT2D eigenvalue weighted by Crippen LogP contribution is 2.29. The Balaban J connectivity index is 1.49. The molecule has 1 aromatic heterocycles. The van der Waals surface area contributed by atoms with Crippen molar-refractivity contribution in [2.45, 2.75) is 25.9 Å². The average Bonchev–Trinajstić information content (AvgIpc) is 2.78. The third kappa shape index (κ3) is 5.51. The van der Waals surface area contributed by atoms with E-state index in [1.54, 1.807) is 36.1 Å². The second-order valence-corrected chi connectivity index (χ2v) is 8.22. The number of likely N-dealkylation sites (tertiary alicyclic amines) is 1.